The average molecular weight is 332 g/mol. The van der Waals surface area contributed by atoms with E-state index in [1.807, 2.05) is 12.1 Å². The van der Waals surface area contributed by atoms with Gasteiger partial charge in [0.25, 0.3) is 0 Å². The van der Waals surface area contributed by atoms with Gasteiger partial charge in [-0.3, -0.25) is 0 Å². The zero-order valence-corrected chi connectivity index (χ0v) is 13.0. The van der Waals surface area contributed by atoms with E-state index < -0.39 is 0 Å². The molecule has 20 heavy (non-hydrogen) atoms. The standard InChI is InChI=1S/C14H13Cl3N2O/c1-20-14-4-2-3-9(15)8(14)7-19-13-6-11(17)10(16)5-12(13)18/h2-6,19H,7,18H2,1H3. The van der Waals surface area contributed by atoms with E-state index in [-0.39, 0.29) is 0 Å². The number of methoxy groups -OCH3 is 1. The van der Waals surface area contributed by atoms with Gasteiger partial charge >= 0.3 is 0 Å². The van der Waals surface area contributed by atoms with Crippen molar-refractivity contribution in [2.24, 2.45) is 0 Å². The number of rotatable bonds is 4. The van der Waals surface area contributed by atoms with Gasteiger partial charge < -0.3 is 15.8 Å². The molecule has 0 amide bonds. The van der Waals surface area contributed by atoms with Crippen LogP contribution in [0, 0.1) is 0 Å². The van der Waals surface area contributed by atoms with E-state index in [1.54, 1.807) is 25.3 Å². The number of hydrogen-bond acceptors (Lipinski definition) is 3. The van der Waals surface area contributed by atoms with Crippen LogP contribution in [0.2, 0.25) is 15.1 Å². The normalized spacial score (nSPS) is 10.4. The van der Waals surface area contributed by atoms with Crippen molar-refractivity contribution >= 4 is 46.2 Å². The molecule has 0 unspecified atom stereocenters. The van der Waals surface area contributed by atoms with Crippen LogP contribution in [0.15, 0.2) is 30.3 Å². The fraction of sp³-hybridized carbons (Fsp3) is 0.143. The van der Waals surface area contributed by atoms with Crippen LogP contribution in [0.3, 0.4) is 0 Å². The molecule has 0 fully saturated rings. The number of nitrogen functional groups attached to an aromatic ring is 1. The second kappa shape index (κ2) is 6.44. The van der Waals surface area contributed by atoms with Crippen LogP contribution in [0.4, 0.5) is 11.4 Å². The van der Waals surface area contributed by atoms with Crippen LogP contribution in [-0.4, -0.2) is 7.11 Å². The third-order valence-corrected chi connectivity index (χ3v) is 3.92. The lowest BCUT2D eigenvalue weighted by Crippen LogP contribution is -2.04. The van der Waals surface area contributed by atoms with E-state index in [0.29, 0.717) is 38.7 Å². The lowest BCUT2D eigenvalue weighted by Gasteiger charge is -2.14. The first-order valence-electron chi connectivity index (χ1n) is 5.82. The summed E-state index contributed by atoms with van der Waals surface area (Å²) in [6.07, 6.45) is 0. The molecule has 3 N–H and O–H groups in total. The summed E-state index contributed by atoms with van der Waals surface area (Å²) in [7, 11) is 1.60. The summed E-state index contributed by atoms with van der Waals surface area (Å²) in [6, 6.07) is 8.77. The lowest BCUT2D eigenvalue weighted by molar-refractivity contribution is 0.410. The molecular formula is C14H13Cl3N2O. The predicted octanol–water partition coefficient (Wildman–Crippen LogP) is 4.85. The summed E-state index contributed by atoms with van der Waals surface area (Å²) < 4.78 is 5.28. The zero-order chi connectivity index (χ0) is 14.7. The summed E-state index contributed by atoms with van der Waals surface area (Å²) in [5, 5.41) is 4.66. The van der Waals surface area contributed by atoms with Crippen LogP contribution in [0.25, 0.3) is 0 Å². The molecule has 0 saturated heterocycles. The Morgan fingerprint density at radius 3 is 2.50 bits per heavy atom. The topological polar surface area (TPSA) is 47.3 Å². The highest BCUT2D eigenvalue weighted by Gasteiger charge is 2.09. The zero-order valence-electron chi connectivity index (χ0n) is 10.7. The fourth-order valence-electron chi connectivity index (χ4n) is 1.80. The molecule has 6 heteroatoms. The molecule has 2 rings (SSSR count). The Kier molecular flexibility index (Phi) is 4.86. The van der Waals surface area contributed by atoms with Gasteiger partial charge in [-0.15, -0.1) is 0 Å². The summed E-state index contributed by atoms with van der Waals surface area (Å²) in [5.41, 5.74) is 7.96. The molecule has 0 aromatic heterocycles. The molecule has 106 valence electrons. The van der Waals surface area contributed by atoms with Crippen molar-refractivity contribution in [1.29, 1.82) is 0 Å². The molecule has 0 aliphatic rings. The highest BCUT2D eigenvalue weighted by Crippen LogP contribution is 2.32. The molecule has 0 radical (unpaired) electrons. The second-order valence-electron chi connectivity index (χ2n) is 4.13. The first kappa shape index (κ1) is 15.1. The number of ether oxygens (including phenoxy) is 1. The minimum absolute atomic E-state index is 0.421. The van der Waals surface area contributed by atoms with Gasteiger partial charge in [-0.1, -0.05) is 40.9 Å². The third-order valence-electron chi connectivity index (χ3n) is 2.84. The van der Waals surface area contributed by atoms with Crippen molar-refractivity contribution in [2.45, 2.75) is 6.54 Å². The average Bonchev–Trinajstić information content (AvgIpc) is 2.42. The number of nitrogens with one attached hydrogen (secondary N) is 1. The van der Waals surface area contributed by atoms with Crippen molar-refractivity contribution in [3.8, 4) is 5.75 Å². The highest BCUT2D eigenvalue weighted by molar-refractivity contribution is 6.42. The molecule has 3 nitrogen and oxygen atoms in total. The maximum atomic E-state index is 6.17. The Bertz CT molecular complexity index is 632. The molecule has 0 aliphatic carbocycles. The molecule has 0 heterocycles. The second-order valence-corrected chi connectivity index (χ2v) is 5.35. The molecule has 2 aromatic rings. The maximum absolute atomic E-state index is 6.17. The smallest absolute Gasteiger partial charge is 0.125 e. The van der Waals surface area contributed by atoms with Gasteiger partial charge in [0.15, 0.2) is 0 Å². The fourth-order valence-corrected chi connectivity index (χ4v) is 2.37. The number of nitrogens with two attached hydrogens (primary N) is 1. The molecule has 2 aromatic carbocycles. The predicted molar refractivity (Wildman–Crippen MR) is 86.2 cm³/mol. The Morgan fingerprint density at radius 2 is 1.80 bits per heavy atom. The van der Waals surface area contributed by atoms with Crippen LogP contribution in [0.1, 0.15) is 5.56 Å². The SMILES string of the molecule is COc1cccc(Cl)c1CNc1cc(Cl)c(Cl)cc1N. The Hall–Kier alpha value is -1.29. The van der Waals surface area contributed by atoms with Gasteiger partial charge in [-0.25, -0.2) is 0 Å². The van der Waals surface area contributed by atoms with Crippen LogP contribution >= 0.6 is 34.8 Å². The van der Waals surface area contributed by atoms with E-state index in [2.05, 4.69) is 5.32 Å². The summed E-state index contributed by atoms with van der Waals surface area (Å²) >= 11 is 18.0. The van der Waals surface area contributed by atoms with Crippen molar-refractivity contribution in [1.82, 2.24) is 0 Å². The highest BCUT2D eigenvalue weighted by atomic mass is 35.5. The van der Waals surface area contributed by atoms with Gasteiger partial charge in [-0.2, -0.15) is 0 Å². The first-order chi connectivity index (χ1) is 9.52. The lowest BCUT2D eigenvalue weighted by atomic mass is 10.2. The number of benzene rings is 2. The molecular weight excluding hydrogens is 319 g/mol. The van der Waals surface area contributed by atoms with Crippen molar-refractivity contribution in [3.05, 3.63) is 51.0 Å². The van der Waals surface area contributed by atoms with Crippen molar-refractivity contribution in [2.75, 3.05) is 18.2 Å². The van der Waals surface area contributed by atoms with Crippen molar-refractivity contribution in [3.63, 3.8) is 0 Å². The van der Waals surface area contributed by atoms with E-state index in [4.69, 9.17) is 45.3 Å². The first-order valence-corrected chi connectivity index (χ1v) is 6.96. The Labute approximate surface area is 132 Å². The van der Waals surface area contributed by atoms with Crippen LogP contribution < -0.4 is 15.8 Å². The number of halogens is 3. The van der Waals surface area contributed by atoms with E-state index in [0.717, 1.165) is 5.56 Å². The van der Waals surface area contributed by atoms with Gasteiger partial charge in [0, 0.05) is 17.1 Å². The van der Waals surface area contributed by atoms with Crippen LogP contribution in [0.5, 0.6) is 5.75 Å². The van der Waals surface area contributed by atoms with E-state index in [1.165, 1.54) is 0 Å². The summed E-state index contributed by atoms with van der Waals surface area (Å²) in [6.45, 7) is 0.463. The maximum Gasteiger partial charge on any atom is 0.125 e. The molecule has 0 bridgehead atoms. The minimum atomic E-state index is 0.421. The van der Waals surface area contributed by atoms with Crippen molar-refractivity contribution < 1.29 is 4.74 Å². The third kappa shape index (κ3) is 3.23. The monoisotopic (exact) mass is 330 g/mol. The van der Waals surface area contributed by atoms with Gasteiger partial charge in [0.2, 0.25) is 0 Å². The van der Waals surface area contributed by atoms with Gasteiger partial charge in [0.05, 0.1) is 28.5 Å². The van der Waals surface area contributed by atoms with E-state index in [9.17, 15) is 0 Å². The Morgan fingerprint density at radius 1 is 1.10 bits per heavy atom. The van der Waals surface area contributed by atoms with Gasteiger partial charge in [-0.05, 0) is 24.3 Å². The summed E-state index contributed by atoms with van der Waals surface area (Å²) in [4.78, 5) is 0. The Balaban J connectivity index is 2.23. The molecule has 0 aliphatic heterocycles. The van der Waals surface area contributed by atoms with Gasteiger partial charge in [0.1, 0.15) is 5.75 Å². The minimum Gasteiger partial charge on any atom is -0.496 e. The molecule has 0 spiro atoms. The number of anilines is 2. The van der Waals surface area contributed by atoms with E-state index >= 15 is 0 Å². The molecule has 0 saturated carbocycles. The summed E-state index contributed by atoms with van der Waals surface area (Å²) in [5.74, 6) is 0.712. The molecule has 0 atom stereocenters. The van der Waals surface area contributed by atoms with Crippen LogP contribution in [-0.2, 0) is 6.54 Å². The quantitative estimate of drug-likeness (QED) is 0.787. The number of hydrogen-bond donors (Lipinski definition) is 2. The largest absolute Gasteiger partial charge is 0.496 e.